The summed E-state index contributed by atoms with van der Waals surface area (Å²) in [4.78, 5) is 15.7. The molecule has 234 valence electrons. The van der Waals surface area contributed by atoms with Gasteiger partial charge >= 0.3 is 10.2 Å². The van der Waals surface area contributed by atoms with Gasteiger partial charge in [0.05, 0.1) is 31.1 Å². The number of nitrogens with one attached hydrogen (secondary N) is 1. The number of ether oxygens (including phenoxy) is 2. The van der Waals surface area contributed by atoms with E-state index in [-0.39, 0.29) is 35.6 Å². The van der Waals surface area contributed by atoms with Crippen LogP contribution in [0.3, 0.4) is 0 Å². The number of aryl methyl sites for hydroxylation is 1. The van der Waals surface area contributed by atoms with Crippen molar-refractivity contribution >= 4 is 33.4 Å². The summed E-state index contributed by atoms with van der Waals surface area (Å²) < 4.78 is 41.7. The number of anilines is 1. The molecule has 0 radical (unpaired) electrons. The van der Waals surface area contributed by atoms with Crippen molar-refractivity contribution in [3.05, 3.63) is 58.1 Å². The van der Waals surface area contributed by atoms with Crippen molar-refractivity contribution in [1.82, 2.24) is 9.03 Å². The summed E-state index contributed by atoms with van der Waals surface area (Å²) >= 11 is 6.38. The summed E-state index contributed by atoms with van der Waals surface area (Å²) in [5.74, 6) is 0.519. The number of halogens is 1. The second-order valence-electron chi connectivity index (χ2n) is 12.8. The number of benzene rings is 2. The molecule has 5 atom stereocenters. The third-order valence-electron chi connectivity index (χ3n) is 9.69. The lowest BCUT2D eigenvalue weighted by Crippen LogP contribution is -2.49. The number of hydrogen-bond donors (Lipinski definition) is 2. The maximum absolute atomic E-state index is 13.4. The van der Waals surface area contributed by atoms with Crippen LogP contribution in [0, 0.1) is 11.8 Å². The molecule has 2 N–H and O–H groups in total. The fraction of sp³-hybridized carbons (Fsp3) is 0.594. The first-order valence-electron chi connectivity index (χ1n) is 15.5. The normalized spacial score (nSPS) is 27.0. The SMILES string of the molecule is CCCN(C[C@H]1CO1)S(=O)(=O)NC(=O)c1ccc2c(c1)N(C[C@@H]1CC[C@H]1C(C)O)C[C@@]1(CCCc3cc(Cl)ccc31)CO2. The molecule has 2 aliphatic carbocycles. The molecule has 2 aromatic rings. The minimum absolute atomic E-state index is 0.123. The van der Waals surface area contributed by atoms with Gasteiger partial charge in [0.1, 0.15) is 5.75 Å². The smallest absolute Gasteiger partial charge is 0.304 e. The molecule has 2 heterocycles. The van der Waals surface area contributed by atoms with Gasteiger partial charge in [-0.2, -0.15) is 12.7 Å². The van der Waals surface area contributed by atoms with Gasteiger partial charge in [-0.05, 0) is 98.7 Å². The predicted molar refractivity (Wildman–Crippen MR) is 166 cm³/mol. The van der Waals surface area contributed by atoms with E-state index in [2.05, 4.69) is 21.8 Å². The van der Waals surface area contributed by atoms with Gasteiger partial charge in [-0.1, -0.05) is 24.6 Å². The lowest BCUT2D eigenvalue weighted by Gasteiger charge is -2.45. The Balaban J connectivity index is 1.31. The first kappa shape index (κ1) is 30.6. The molecule has 0 aromatic heterocycles. The molecule has 1 spiro atoms. The minimum atomic E-state index is -4.05. The Bertz CT molecular complexity index is 1460. The standard InChI is InChI=1S/C32H42ClN3O6S/c1-3-13-36(17-26-18-41-26)43(39,40)34-31(38)23-7-11-30-29(15-23)35(16-24-6-9-27(24)21(2)37)19-32(20-42-30)12-4-5-22-14-25(33)8-10-28(22)32/h7-8,10-11,14-15,21,24,26-27,37H,3-6,9,12-13,16-20H2,1-2H3,(H,34,38)/t21?,24-,26-,27-,32-/m0/s1. The van der Waals surface area contributed by atoms with Crippen molar-refractivity contribution < 1.29 is 27.8 Å². The second kappa shape index (κ2) is 12.2. The van der Waals surface area contributed by atoms with Gasteiger partial charge in [-0.3, -0.25) is 4.79 Å². The van der Waals surface area contributed by atoms with Crippen LogP contribution in [0.1, 0.15) is 67.4 Å². The summed E-state index contributed by atoms with van der Waals surface area (Å²) in [7, 11) is -4.05. The molecule has 2 aromatic carbocycles. The maximum Gasteiger partial charge on any atom is 0.304 e. The number of aliphatic hydroxyl groups excluding tert-OH is 1. The van der Waals surface area contributed by atoms with Gasteiger partial charge in [0.15, 0.2) is 0 Å². The molecule has 2 aliphatic heterocycles. The molecule has 6 rings (SSSR count). The van der Waals surface area contributed by atoms with Gasteiger partial charge in [0, 0.05) is 42.2 Å². The number of epoxide rings is 1. The molecule has 11 heteroatoms. The third-order valence-corrected chi connectivity index (χ3v) is 11.4. The second-order valence-corrected chi connectivity index (χ2v) is 14.9. The summed E-state index contributed by atoms with van der Waals surface area (Å²) in [5, 5.41) is 11.1. The van der Waals surface area contributed by atoms with E-state index in [0.717, 1.165) is 42.8 Å². The average molecular weight is 632 g/mol. The number of amides is 1. The Hall–Kier alpha value is -2.37. The van der Waals surface area contributed by atoms with Crippen LogP contribution in [-0.2, 0) is 26.8 Å². The number of carbonyl (C=O) groups excluding carboxylic acids is 1. The molecule has 2 fully saturated rings. The highest BCUT2D eigenvalue weighted by Crippen LogP contribution is 2.46. The molecular weight excluding hydrogens is 590 g/mol. The zero-order valence-corrected chi connectivity index (χ0v) is 26.5. The number of rotatable bonds is 10. The monoisotopic (exact) mass is 631 g/mol. The van der Waals surface area contributed by atoms with E-state index in [1.807, 2.05) is 19.9 Å². The van der Waals surface area contributed by atoms with Crippen molar-refractivity contribution in [3.8, 4) is 5.75 Å². The van der Waals surface area contributed by atoms with Crippen molar-refractivity contribution in [3.63, 3.8) is 0 Å². The summed E-state index contributed by atoms with van der Waals surface area (Å²) in [6, 6.07) is 11.3. The van der Waals surface area contributed by atoms with Crippen molar-refractivity contribution in [2.45, 2.75) is 70.0 Å². The van der Waals surface area contributed by atoms with Gasteiger partial charge in [-0.25, -0.2) is 4.72 Å². The molecule has 1 saturated heterocycles. The van der Waals surface area contributed by atoms with Gasteiger partial charge in [-0.15, -0.1) is 0 Å². The predicted octanol–water partition coefficient (Wildman–Crippen LogP) is 4.31. The number of nitrogens with zero attached hydrogens (tertiary/aromatic N) is 2. The Morgan fingerprint density at radius 3 is 2.77 bits per heavy atom. The van der Waals surface area contributed by atoms with E-state index in [4.69, 9.17) is 21.1 Å². The highest BCUT2D eigenvalue weighted by molar-refractivity contribution is 7.87. The van der Waals surface area contributed by atoms with Crippen molar-refractivity contribution in [2.75, 3.05) is 44.3 Å². The van der Waals surface area contributed by atoms with E-state index < -0.39 is 16.1 Å². The topological polar surface area (TPSA) is 112 Å². The number of hydrogen-bond acceptors (Lipinski definition) is 7. The Morgan fingerprint density at radius 1 is 1.26 bits per heavy atom. The van der Waals surface area contributed by atoms with E-state index in [1.54, 1.807) is 18.2 Å². The quantitative estimate of drug-likeness (QED) is 0.376. The van der Waals surface area contributed by atoms with E-state index in [9.17, 15) is 18.3 Å². The highest BCUT2D eigenvalue weighted by atomic mass is 35.5. The van der Waals surface area contributed by atoms with Crippen molar-refractivity contribution in [1.29, 1.82) is 0 Å². The first-order chi connectivity index (χ1) is 20.6. The summed E-state index contributed by atoms with van der Waals surface area (Å²) in [5.41, 5.74) is 3.26. The number of fused-ring (bicyclic) bond motifs is 3. The minimum Gasteiger partial charge on any atom is -0.490 e. The molecule has 1 amide bonds. The summed E-state index contributed by atoms with van der Waals surface area (Å²) in [6.07, 6.45) is 5.08. The third kappa shape index (κ3) is 6.40. The zero-order valence-electron chi connectivity index (χ0n) is 24.9. The molecule has 4 aliphatic rings. The highest BCUT2D eigenvalue weighted by Gasteiger charge is 2.44. The molecule has 9 nitrogen and oxygen atoms in total. The van der Waals surface area contributed by atoms with Crippen LogP contribution < -0.4 is 14.4 Å². The molecule has 43 heavy (non-hydrogen) atoms. The fourth-order valence-electron chi connectivity index (χ4n) is 7.20. The lowest BCUT2D eigenvalue weighted by molar-refractivity contribution is 0.0278. The lowest BCUT2D eigenvalue weighted by atomic mass is 9.68. The molecular formula is C32H42ClN3O6S. The van der Waals surface area contributed by atoms with Crippen LogP contribution in [-0.4, -0.2) is 75.3 Å². The van der Waals surface area contributed by atoms with Crippen LogP contribution in [0.4, 0.5) is 5.69 Å². The van der Waals surface area contributed by atoms with Gasteiger partial charge in [0.2, 0.25) is 0 Å². The van der Waals surface area contributed by atoms with E-state index in [0.29, 0.717) is 50.9 Å². The number of aliphatic hydroxyl groups is 1. The van der Waals surface area contributed by atoms with E-state index in [1.165, 1.54) is 15.4 Å². The molecule has 1 saturated carbocycles. The maximum atomic E-state index is 13.4. The average Bonchev–Trinajstić information content (AvgIpc) is 3.78. The largest absolute Gasteiger partial charge is 0.490 e. The molecule has 0 bridgehead atoms. The summed E-state index contributed by atoms with van der Waals surface area (Å²) in [6.45, 7) is 6.70. The Morgan fingerprint density at radius 2 is 2.07 bits per heavy atom. The molecule has 1 unspecified atom stereocenters. The van der Waals surface area contributed by atoms with Crippen LogP contribution in [0.15, 0.2) is 36.4 Å². The Kier molecular flexibility index (Phi) is 8.69. The zero-order chi connectivity index (χ0) is 30.4. The van der Waals surface area contributed by atoms with Crippen LogP contribution in [0.25, 0.3) is 0 Å². The number of carbonyl (C=O) groups is 1. The van der Waals surface area contributed by atoms with Gasteiger partial charge in [0.25, 0.3) is 5.91 Å². The Labute approximate surface area is 259 Å². The van der Waals surface area contributed by atoms with Crippen LogP contribution in [0.2, 0.25) is 5.02 Å². The fourth-order valence-corrected chi connectivity index (χ4v) is 8.66. The van der Waals surface area contributed by atoms with E-state index >= 15 is 0 Å². The first-order valence-corrected chi connectivity index (χ1v) is 17.3. The van der Waals surface area contributed by atoms with Crippen LogP contribution >= 0.6 is 11.6 Å². The van der Waals surface area contributed by atoms with Gasteiger partial charge < -0.3 is 19.5 Å². The van der Waals surface area contributed by atoms with Crippen LogP contribution in [0.5, 0.6) is 5.75 Å². The van der Waals surface area contributed by atoms with Crippen molar-refractivity contribution in [2.24, 2.45) is 11.8 Å².